The molecule has 208 valence electrons. The van der Waals surface area contributed by atoms with Crippen molar-refractivity contribution >= 4 is 33.2 Å². The lowest BCUT2D eigenvalue weighted by atomic mass is 10.1. The number of hydrogen-bond acceptors (Lipinski definition) is 10. The number of ether oxygens (including phenoxy) is 2. The molecule has 0 saturated heterocycles. The highest BCUT2D eigenvalue weighted by molar-refractivity contribution is 7.91. The predicted octanol–water partition coefficient (Wildman–Crippen LogP) is 5.39. The van der Waals surface area contributed by atoms with E-state index >= 15 is 0 Å². The van der Waals surface area contributed by atoms with E-state index < -0.39 is 31.6 Å². The summed E-state index contributed by atoms with van der Waals surface area (Å²) in [5.41, 5.74) is 0.480. The summed E-state index contributed by atoms with van der Waals surface area (Å²) < 4.78 is 36.7. The minimum atomic E-state index is -3.98. The van der Waals surface area contributed by atoms with E-state index in [1.165, 1.54) is 98.8 Å². The molecule has 13 heteroatoms. The van der Waals surface area contributed by atoms with Gasteiger partial charge in [-0.25, -0.2) is 18.0 Å². The Kier molecular flexibility index (Phi) is 7.92. The van der Waals surface area contributed by atoms with Crippen molar-refractivity contribution in [3.63, 3.8) is 0 Å². The van der Waals surface area contributed by atoms with Crippen LogP contribution in [0.5, 0.6) is 11.5 Å². The van der Waals surface area contributed by atoms with E-state index in [2.05, 4.69) is 0 Å². The highest BCUT2D eigenvalue weighted by Crippen LogP contribution is 2.27. The zero-order valence-corrected chi connectivity index (χ0v) is 22.3. The van der Waals surface area contributed by atoms with Crippen molar-refractivity contribution in [2.24, 2.45) is 0 Å². The van der Waals surface area contributed by atoms with E-state index in [1.54, 1.807) is 0 Å². The summed E-state index contributed by atoms with van der Waals surface area (Å²) in [7, 11) is -3.98. The Balaban J connectivity index is 1.43. The SMILES string of the molecule is Cc1cc(C(=O)Oc2ccc(S(=O)(=O)c3ccc(OC(=O)c4ccc([N+](=O)[O-])c(C)c4)cc3)cc2)ccc1[N+](=O)[O-]. The molecule has 0 aliphatic heterocycles. The topological polar surface area (TPSA) is 173 Å². The fourth-order valence-electron chi connectivity index (χ4n) is 3.82. The van der Waals surface area contributed by atoms with Crippen molar-refractivity contribution in [2.75, 3.05) is 0 Å². The van der Waals surface area contributed by atoms with E-state index in [0.29, 0.717) is 0 Å². The van der Waals surface area contributed by atoms with Crippen molar-refractivity contribution in [3.05, 3.63) is 127 Å². The summed E-state index contributed by atoms with van der Waals surface area (Å²) in [6.45, 7) is 2.98. The van der Waals surface area contributed by atoms with E-state index in [1.807, 2.05) is 0 Å². The Morgan fingerprint density at radius 1 is 0.610 bits per heavy atom. The van der Waals surface area contributed by atoms with Gasteiger partial charge in [0.1, 0.15) is 11.5 Å². The maximum atomic E-state index is 13.1. The van der Waals surface area contributed by atoms with Gasteiger partial charge < -0.3 is 9.47 Å². The monoisotopic (exact) mass is 576 g/mol. The fourth-order valence-corrected chi connectivity index (χ4v) is 5.08. The number of aryl methyl sites for hydroxylation is 2. The van der Waals surface area contributed by atoms with Crippen molar-refractivity contribution in [1.82, 2.24) is 0 Å². The van der Waals surface area contributed by atoms with Crippen LogP contribution in [0.3, 0.4) is 0 Å². The van der Waals surface area contributed by atoms with Gasteiger partial charge in [0.25, 0.3) is 11.4 Å². The van der Waals surface area contributed by atoms with Gasteiger partial charge >= 0.3 is 11.9 Å². The number of carbonyl (C=O) groups is 2. The number of nitro benzene ring substituents is 2. The molecule has 0 N–H and O–H groups in total. The van der Waals surface area contributed by atoms with Crippen molar-refractivity contribution in [3.8, 4) is 11.5 Å². The molecule has 0 bridgehead atoms. The molecular formula is C28H20N2O10S. The largest absolute Gasteiger partial charge is 0.423 e. The smallest absolute Gasteiger partial charge is 0.343 e. The third-order valence-corrected chi connectivity index (χ3v) is 7.73. The number of esters is 2. The first kappa shape index (κ1) is 28.6. The van der Waals surface area contributed by atoms with E-state index in [4.69, 9.17) is 9.47 Å². The Bertz CT molecular complexity index is 1670. The maximum absolute atomic E-state index is 13.1. The van der Waals surface area contributed by atoms with Crippen molar-refractivity contribution < 1.29 is 37.3 Å². The van der Waals surface area contributed by atoms with Gasteiger partial charge in [0.2, 0.25) is 9.84 Å². The summed E-state index contributed by atoms with van der Waals surface area (Å²) in [6.07, 6.45) is 0. The normalized spacial score (nSPS) is 11.0. The maximum Gasteiger partial charge on any atom is 0.343 e. The zero-order chi connectivity index (χ0) is 29.9. The molecule has 0 spiro atoms. The second-order valence-corrected chi connectivity index (χ2v) is 10.7. The first-order valence-electron chi connectivity index (χ1n) is 11.8. The van der Waals surface area contributed by atoms with Gasteiger partial charge in [-0.3, -0.25) is 20.2 Å². The van der Waals surface area contributed by atoms with Crippen molar-refractivity contribution in [1.29, 1.82) is 0 Å². The summed E-state index contributed by atoms with van der Waals surface area (Å²) in [4.78, 5) is 45.5. The molecule has 0 aromatic heterocycles. The van der Waals surface area contributed by atoms with Crippen LogP contribution in [0.15, 0.2) is 94.7 Å². The van der Waals surface area contributed by atoms with Crippen LogP contribution in [0.4, 0.5) is 11.4 Å². The van der Waals surface area contributed by atoms with Crippen LogP contribution in [-0.2, 0) is 9.84 Å². The molecule has 0 atom stereocenters. The highest BCUT2D eigenvalue weighted by Gasteiger charge is 2.20. The van der Waals surface area contributed by atoms with Crippen LogP contribution < -0.4 is 9.47 Å². The molecule has 0 unspecified atom stereocenters. The molecular weight excluding hydrogens is 556 g/mol. The molecule has 0 amide bonds. The molecule has 0 aliphatic carbocycles. The van der Waals surface area contributed by atoms with Crippen molar-refractivity contribution in [2.45, 2.75) is 23.6 Å². The standard InChI is InChI=1S/C28H20N2O10S/c1-17-15-19(3-13-25(17)29(33)34)27(31)39-21-5-9-23(10-6-21)41(37,38)24-11-7-22(8-12-24)40-28(32)20-4-14-26(30(35)36)18(2)16-20/h3-16H,1-2H3. The Morgan fingerprint density at radius 2 is 0.951 bits per heavy atom. The van der Waals surface area contributed by atoms with Gasteiger partial charge in [-0.15, -0.1) is 0 Å². The molecule has 0 saturated carbocycles. The number of sulfone groups is 1. The molecule has 12 nitrogen and oxygen atoms in total. The van der Waals surface area contributed by atoms with Crippen LogP contribution in [0, 0.1) is 34.1 Å². The molecule has 0 radical (unpaired) electrons. The first-order valence-corrected chi connectivity index (χ1v) is 13.2. The van der Waals surface area contributed by atoms with Gasteiger partial charge in [0.15, 0.2) is 0 Å². The average molecular weight is 577 g/mol. The summed E-state index contributed by atoms with van der Waals surface area (Å²) >= 11 is 0. The molecule has 4 aromatic carbocycles. The quantitative estimate of drug-likeness (QED) is 0.114. The Morgan fingerprint density at radius 3 is 1.24 bits per heavy atom. The van der Waals surface area contributed by atoms with Crippen LogP contribution >= 0.6 is 0 Å². The molecule has 4 aromatic rings. The third kappa shape index (κ3) is 6.25. The summed E-state index contributed by atoms with van der Waals surface area (Å²) in [5.74, 6) is -1.41. The predicted molar refractivity (Wildman–Crippen MR) is 144 cm³/mol. The van der Waals surface area contributed by atoms with E-state index in [9.17, 15) is 38.2 Å². The average Bonchev–Trinajstić information content (AvgIpc) is 2.93. The van der Waals surface area contributed by atoms with Crippen LogP contribution in [0.1, 0.15) is 31.8 Å². The number of hydrogen-bond donors (Lipinski definition) is 0. The Hall–Kier alpha value is -5.43. The van der Waals surface area contributed by atoms with Gasteiger partial charge in [0.05, 0.1) is 30.8 Å². The molecule has 41 heavy (non-hydrogen) atoms. The molecule has 0 aliphatic rings. The lowest BCUT2D eigenvalue weighted by Crippen LogP contribution is -2.10. The second-order valence-electron chi connectivity index (χ2n) is 8.74. The fraction of sp³-hybridized carbons (Fsp3) is 0.0714. The molecule has 0 fully saturated rings. The molecule has 0 heterocycles. The summed E-state index contributed by atoms with van der Waals surface area (Å²) in [5, 5.41) is 21.9. The van der Waals surface area contributed by atoms with Gasteiger partial charge in [-0.1, -0.05) is 0 Å². The number of nitrogens with zero attached hydrogens (tertiary/aromatic N) is 2. The lowest BCUT2D eigenvalue weighted by molar-refractivity contribution is -0.385. The number of nitro groups is 2. The lowest BCUT2D eigenvalue weighted by Gasteiger charge is -2.09. The minimum Gasteiger partial charge on any atom is -0.423 e. The number of carbonyl (C=O) groups excluding carboxylic acids is 2. The van der Waals surface area contributed by atoms with Crippen LogP contribution in [0.25, 0.3) is 0 Å². The Labute approximate surface area is 233 Å². The van der Waals surface area contributed by atoms with E-state index in [-0.39, 0.29) is 54.9 Å². The minimum absolute atomic E-state index is 0.0636. The highest BCUT2D eigenvalue weighted by atomic mass is 32.2. The second kappa shape index (κ2) is 11.4. The van der Waals surface area contributed by atoms with Gasteiger partial charge in [0, 0.05) is 23.3 Å². The van der Waals surface area contributed by atoms with E-state index in [0.717, 1.165) is 0 Å². The van der Waals surface area contributed by atoms with Gasteiger partial charge in [-0.2, -0.15) is 0 Å². The number of rotatable bonds is 8. The summed E-state index contributed by atoms with van der Waals surface area (Å²) in [6, 6.07) is 17.8. The number of benzene rings is 4. The van der Waals surface area contributed by atoms with Crippen LogP contribution in [-0.4, -0.2) is 30.2 Å². The molecule has 4 rings (SSSR count). The van der Waals surface area contributed by atoms with Gasteiger partial charge in [-0.05, 0) is 86.6 Å². The third-order valence-electron chi connectivity index (χ3n) is 5.95. The first-order chi connectivity index (χ1) is 19.4. The zero-order valence-electron chi connectivity index (χ0n) is 21.5. The van der Waals surface area contributed by atoms with Crippen LogP contribution in [0.2, 0.25) is 0 Å².